The minimum absolute atomic E-state index is 0. The molecule has 0 aromatic carbocycles. The number of amides is 1. The molecule has 1 saturated heterocycles. The van der Waals surface area contributed by atoms with Gasteiger partial charge in [0.25, 0.3) is 0 Å². The predicted molar refractivity (Wildman–Crippen MR) is 123 cm³/mol. The number of hydrogen-bond donors (Lipinski definition) is 2. The van der Waals surface area contributed by atoms with Crippen LogP contribution in [0.2, 0.25) is 0 Å². The van der Waals surface area contributed by atoms with Gasteiger partial charge in [0.1, 0.15) is 11.6 Å². The van der Waals surface area contributed by atoms with Crippen LogP contribution in [0.25, 0.3) is 0 Å². The molecule has 10 heteroatoms. The monoisotopic (exact) mass is 516 g/mol. The third-order valence-corrected chi connectivity index (χ3v) is 5.97. The van der Waals surface area contributed by atoms with Crippen molar-refractivity contribution in [2.45, 2.75) is 45.2 Å². The molecule has 1 aromatic heterocycles. The minimum Gasteiger partial charge on any atom is -0.356 e. The van der Waals surface area contributed by atoms with Crippen molar-refractivity contribution in [3.63, 3.8) is 0 Å². The smallest absolute Gasteiger partial charge is 0.234 e. The summed E-state index contributed by atoms with van der Waals surface area (Å²) in [6.45, 7) is 8.01. The van der Waals surface area contributed by atoms with Gasteiger partial charge in [0, 0.05) is 58.8 Å². The van der Waals surface area contributed by atoms with E-state index in [9.17, 15) is 4.79 Å². The van der Waals surface area contributed by atoms with Crippen molar-refractivity contribution in [3.8, 4) is 0 Å². The number of aliphatic imine (C=N–C) groups is 1. The largest absolute Gasteiger partial charge is 0.356 e. The average Bonchev–Trinajstić information content (AvgIpc) is 3.44. The molecule has 29 heavy (non-hydrogen) atoms. The van der Waals surface area contributed by atoms with Gasteiger partial charge in [-0.2, -0.15) is 0 Å². The highest BCUT2D eigenvalue weighted by Gasteiger charge is 2.26. The van der Waals surface area contributed by atoms with Gasteiger partial charge < -0.3 is 20.1 Å². The molecule has 0 spiro atoms. The molecule has 1 aliphatic carbocycles. The van der Waals surface area contributed by atoms with Gasteiger partial charge in [0.05, 0.1) is 6.54 Å². The normalized spacial score (nSPS) is 22.6. The Morgan fingerprint density at radius 2 is 1.93 bits per heavy atom. The molecule has 1 aromatic rings. The number of aromatic nitrogens is 3. The summed E-state index contributed by atoms with van der Waals surface area (Å²) in [7, 11) is 1.85. The van der Waals surface area contributed by atoms with Crippen molar-refractivity contribution in [2.24, 2.45) is 10.9 Å². The van der Waals surface area contributed by atoms with E-state index in [1.165, 1.54) is 0 Å². The van der Waals surface area contributed by atoms with Gasteiger partial charge in [-0.1, -0.05) is 0 Å². The number of nitrogens with one attached hydrogen (secondary N) is 2. The Morgan fingerprint density at radius 3 is 2.62 bits per heavy atom. The molecule has 9 nitrogen and oxygen atoms in total. The SMILES string of the molecule is CN=C(NCC1CCc2nnc(C)n2C1)N1CCN(CC(=O)NC2CC2)CC1.I. The highest BCUT2D eigenvalue weighted by atomic mass is 127. The van der Waals surface area contributed by atoms with Crippen LogP contribution in [-0.2, 0) is 17.8 Å². The zero-order chi connectivity index (χ0) is 19.5. The number of aryl methyl sites for hydroxylation is 2. The molecule has 162 valence electrons. The van der Waals surface area contributed by atoms with Crippen LogP contribution < -0.4 is 10.6 Å². The van der Waals surface area contributed by atoms with E-state index in [0.717, 1.165) is 82.6 Å². The molecule has 1 atom stereocenters. The number of fused-ring (bicyclic) bond motifs is 1. The minimum atomic E-state index is 0. The Balaban J connectivity index is 0.00000240. The van der Waals surface area contributed by atoms with E-state index < -0.39 is 0 Å². The number of nitrogens with zero attached hydrogens (tertiary/aromatic N) is 6. The highest BCUT2D eigenvalue weighted by Crippen LogP contribution is 2.19. The lowest BCUT2D eigenvalue weighted by Gasteiger charge is -2.36. The first-order valence-electron chi connectivity index (χ1n) is 10.5. The number of carbonyl (C=O) groups is 1. The van der Waals surface area contributed by atoms with Gasteiger partial charge in [-0.3, -0.25) is 14.7 Å². The maximum Gasteiger partial charge on any atom is 0.234 e. The van der Waals surface area contributed by atoms with Gasteiger partial charge in [-0.25, -0.2) is 0 Å². The predicted octanol–water partition coefficient (Wildman–Crippen LogP) is 0.239. The molecule has 0 radical (unpaired) electrons. The van der Waals surface area contributed by atoms with Crippen molar-refractivity contribution in [1.29, 1.82) is 0 Å². The molecule has 4 rings (SSSR count). The van der Waals surface area contributed by atoms with Crippen LogP contribution >= 0.6 is 24.0 Å². The number of guanidine groups is 1. The second kappa shape index (κ2) is 10.1. The third-order valence-electron chi connectivity index (χ3n) is 5.97. The van der Waals surface area contributed by atoms with Gasteiger partial charge in [-0.05, 0) is 32.1 Å². The fraction of sp³-hybridized carbons (Fsp3) is 0.789. The van der Waals surface area contributed by atoms with E-state index in [0.29, 0.717) is 18.5 Å². The standard InChI is InChI=1S/C19H32N8O.HI/c1-14-23-24-17-6-3-15(12-27(14)17)11-21-19(20-2)26-9-7-25(8-10-26)13-18(28)22-16-4-5-16;/h15-16H,3-13H2,1-2H3,(H,20,21)(H,22,28);1H. The second-order valence-electron chi connectivity index (χ2n) is 8.21. The number of rotatable bonds is 5. The summed E-state index contributed by atoms with van der Waals surface area (Å²) in [5, 5.41) is 15.1. The Morgan fingerprint density at radius 1 is 1.17 bits per heavy atom. The van der Waals surface area contributed by atoms with E-state index in [2.05, 4.69) is 40.2 Å². The lowest BCUT2D eigenvalue weighted by atomic mass is 9.99. The Hall–Kier alpha value is -1.43. The number of halogens is 1. The first-order valence-corrected chi connectivity index (χ1v) is 10.5. The van der Waals surface area contributed by atoms with Crippen molar-refractivity contribution in [2.75, 3.05) is 46.3 Å². The van der Waals surface area contributed by atoms with Crippen molar-refractivity contribution in [3.05, 3.63) is 11.6 Å². The fourth-order valence-electron chi connectivity index (χ4n) is 4.09. The first-order chi connectivity index (χ1) is 13.6. The summed E-state index contributed by atoms with van der Waals surface area (Å²) in [4.78, 5) is 21.0. The number of hydrogen-bond acceptors (Lipinski definition) is 5. The van der Waals surface area contributed by atoms with Gasteiger partial charge in [-0.15, -0.1) is 34.2 Å². The van der Waals surface area contributed by atoms with E-state index >= 15 is 0 Å². The summed E-state index contributed by atoms with van der Waals surface area (Å²) in [5.41, 5.74) is 0. The van der Waals surface area contributed by atoms with Crippen molar-refractivity contribution >= 4 is 35.8 Å². The second-order valence-corrected chi connectivity index (χ2v) is 8.21. The van der Waals surface area contributed by atoms with Crippen molar-refractivity contribution in [1.82, 2.24) is 35.2 Å². The zero-order valence-electron chi connectivity index (χ0n) is 17.4. The topological polar surface area (TPSA) is 90.7 Å². The molecule has 3 aliphatic rings. The molecule has 3 heterocycles. The molecule has 1 amide bonds. The first kappa shape index (κ1) is 22.3. The third kappa shape index (κ3) is 5.80. The van der Waals surface area contributed by atoms with E-state index in [1.807, 2.05) is 14.0 Å². The molecule has 0 bridgehead atoms. The lowest BCUT2D eigenvalue weighted by molar-refractivity contribution is -0.122. The van der Waals surface area contributed by atoms with Crippen LogP contribution in [0.15, 0.2) is 4.99 Å². The summed E-state index contributed by atoms with van der Waals surface area (Å²) < 4.78 is 2.24. The van der Waals surface area contributed by atoms with Gasteiger partial charge in [0.2, 0.25) is 5.91 Å². The molecule has 2 aliphatic heterocycles. The van der Waals surface area contributed by atoms with E-state index in [-0.39, 0.29) is 29.9 Å². The molecule has 2 N–H and O–H groups in total. The molecule has 2 fully saturated rings. The van der Waals surface area contributed by atoms with Crippen LogP contribution in [0.4, 0.5) is 0 Å². The van der Waals surface area contributed by atoms with Crippen LogP contribution in [0.3, 0.4) is 0 Å². The summed E-state index contributed by atoms with van der Waals surface area (Å²) >= 11 is 0. The van der Waals surface area contributed by atoms with Crippen LogP contribution in [-0.4, -0.2) is 88.8 Å². The molecule has 1 saturated carbocycles. The van der Waals surface area contributed by atoms with Crippen LogP contribution in [0, 0.1) is 12.8 Å². The van der Waals surface area contributed by atoms with Crippen LogP contribution in [0.5, 0.6) is 0 Å². The number of piperazine rings is 1. The Kier molecular flexibility index (Phi) is 7.72. The lowest BCUT2D eigenvalue weighted by Crippen LogP contribution is -2.54. The fourth-order valence-corrected chi connectivity index (χ4v) is 4.09. The van der Waals surface area contributed by atoms with E-state index in [4.69, 9.17) is 0 Å². The maximum atomic E-state index is 12.0. The quantitative estimate of drug-likeness (QED) is 0.331. The average molecular weight is 516 g/mol. The highest BCUT2D eigenvalue weighted by molar-refractivity contribution is 14.0. The Labute approximate surface area is 189 Å². The maximum absolute atomic E-state index is 12.0. The molecular weight excluding hydrogens is 483 g/mol. The summed E-state index contributed by atoms with van der Waals surface area (Å²) in [6, 6.07) is 0.439. The summed E-state index contributed by atoms with van der Waals surface area (Å²) in [6.07, 6.45) is 4.40. The van der Waals surface area contributed by atoms with Gasteiger partial charge >= 0.3 is 0 Å². The summed E-state index contributed by atoms with van der Waals surface area (Å²) in [5.74, 6) is 3.81. The van der Waals surface area contributed by atoms with Crippen molar-refractivity contribution < 1.29 is 4.79 Å². The number of carbonyl (C=O) groups excluding carboxylic acids is 1. The van der Waals surface area contributed by atoms with E-state index in [1.54, 1.807) is 0 Å². The molecule has 1 unspecified atom stereocenters. The molecular formula is C19H33IN8O. The van der Waals surface area contributed by atoms with Crippen LogP contribution in [0.1, 0.15) is 30.9 Å². The van der Waals surface area contributed by atoms with Gasteiger partial charge in [0.15, 0.2) is 5.96 Å². The Bertz CT molecular complexity index is 724. The zero-order valence-corrected chi connectivity index (χ0v) is 19.8.